The summed E-state index contributed by atoms with van der Waals surface area (Å²) in [6.45, 7) is 3.91. The maximum absolute atomic E-state index is 6.09. The molecule has 1 aromatic carbocycles. The fourth-order valence-electron chi connectivity index (χ4n) is 1.61. The second kappa shape index (κ2) is 5.03. The van der Waals surface area contributed by atoms with E-state index in [1.807, 2.05) is 32.0 Å². The van der Waals surface area contributed by atoms with Crippen LogP contribution in [0.3, 0.4) is 0 Å². The summed E-state index contributed by atoms with van der Waals surface area (Å²) >= 11 is 12.2. The Hall–Kier alpha value is -1.12. The van der Waals surface area contributed by atoms with Gasteiger partial charge in [0.25, 0.3) is 0 Å². The van der Waals surface area contributed by atoms with Gasteiger partial charge < -0.3 is 9.73 Å². The zero-order valence-electron chi connectivity index (χ0n) is 9.63. The SMILES string of the molecule is Cc1ccc(C(C)Nc2c(Cl)cccc2Cl)o1. The molecule has 0 fully saturated rings. The summed E-state index contributed by atoms with van der Waals surface area (Å²) in [6.07, 6.45) is 0. The Balaban J connectivity index is 2.21. The molecule has 0 aliphatic rings. The van der Waals surface area contributed by atoms with Crippen molar-refractivity contribution in [3.63, 3.8) is 0 Å². The maximum Gasteiger partial charge on any atom is 0.126 e. The first kappa shape index (κ1) is 12.3. The first-order chi connectivity index (χ1) is 8.08. The highest BCUT2D eigenvalue weighted by Gasteiger charge is 2.13. The van der Waals surface area contributed by atoms with Gasteiger partial charge in [-0.2, -0.15) is 0 Å². The predicted molar refractivity (Wildman–Crippen MR) is 71.9 cm³/mol. The van der Waals surface area contributed by atoms with Crippen LogP contribution < -0.4 is 5.32 Å². The zero-order chi connectivity index (χ0) is 12.4. The Bertz CT molecular complexity index is 502. The number of benzene rings is 1. The van der Waals surface area contributed by atoms with E-state index in [0.717, 1.165) is 17.2 Å². The Morgan fingerprint density at radius 2 is 1.76 bits per heavy atom. The van der Waals surface area contributed by atoms with E-state index in [4.69, 9.17) is 27.6 Å². The molecule has 1 atom stereocenters. The third-order valence-electron chi connectivity index (χ3n) is 2.51. The van der Waals surface area contributed by atoms with Gasteiger partial charge in [0.2, 0.25) is 0 Å². The molecule has 0 saturated heterocycles. The smallest absolute Gasteiger partial charge is 0.126 e. The molecule has 1 aromatic heterocycles. The Morgan fingerprint density at radius 3 is 2.29 bits per heavy atom. The van der Waals surface area contributed by atoms with Crippen molar-refractivity contribution in [2.24, 2.45) is 0 Å². The summed E-state index contributed by atoms with van der Waals surface area (Å²) in [5.41, 5.74) is 0.734. The molecule has 0 amide bonds. The average molecular weight is 270 g/mol. The van der Waals surface area contributed by atoms with Gasteiger partial charge in [-0.15, -0.1) is 0 Å². The Morgan fingerprint density at radius 1 is 1.12 bits per heavy atom. The largest absolute Gasteiger partial charge is 0.464 e. The summed E-state index contributed by atoms with van der Waals surface area (Å²) in [4.78, 5) is 0. The summed E-state index contributed by atoms with van der Waals surface area (Å²) < 4.78 is 5.55. The molecule has 17 heavy (non-hydrogen) atoms. The summed E-state index contributed by atoms with van der Waals surface area (Å²) in [7, 11) is 0. The summed E-state index contributed by atoms with van der Waals surface area (Å²) in [5, 5.41) is 4.46. The first-order valence-corrected chi connectivity index (χ1v) is 6.10. The van der Waals surface area contributed by atoms with Gasteiger partial charge in [0, 0.05) is 0 Å². The van der Waals surface area contributed by atoms with Gasteiger partial charge in [0.15, 0.2) is 0 Å². The molecule has 0 radical (unpaired) electrons. The van der Waals surface area contributed by atoms with Crippen molar-refractivity contribution in [3.8, 4) is 0 Å². The number of anilines is 1. The molecule has 0 bridgehead atoms. The highest BCUT2D eigenvalue weighted by atomic mass is 35.5. The number of halogens is 2. The van der Waals surface area contributed by atoms with Crippen molar-refractivity contribution >= 4 is 28.9 Å². The summed E-state index contributed by atoms with van der Waals surface area (Å²) in [5.74, 6) is 1.75. The molecular formula is C13H13Cl2NO. The van der Waals surface area contributed by atoms with E-state index < -0.39 is 0 Å². The third-order valence-corrected chi connectivity index (χ3v) is 3.14. The van der Waals surface area contributed by atoms with Gasteiger partial charge in [-0.1, -0.05) is 29.3 Å². The molecule has 2 aromatic rings. The second-order valence-corrected chi connectivity index (χ2v) is 4.73. The number of hydrogen-bond donors (Lipinski definition) is 1. The van der Waals surface area contributed by atoms with E-state index in [1.54, 1.807) is 12.1 Å². The van der Waals surface area contributed by atoms with Crippen LogP contribution in [0, 0.1) is 6.92 Å². The van der Waals surface area contributed by atoms with E-state index in [-0.39, 0.29) is 6.04 Å². The van der Waals surface area contributed by atoms with Gasteiger partial charge in [-0.3, -0.25) is 0 Å². The lowest BCUT2D eigenvalue weighted by atomic mass is 10.2. The minimum atomic E-state index is 0.0149. The van der Waals surface area contributed by atoms with Crippen LogP contribution in [0.2, 0.25) is 10.0 Å². The minimum absolute atomic E-state index is 0.0149. The van der Waals surface area contributed by atoms with Crippen molar-refractivity contribution < 1.29 is 4.42 Å². The predicted octanol–water partition coefficient (Wildman–Crippen LogP) is 5.07. The fourth-order valence-corrected chi connectivity index (χ4v) is 2.12. The van der Waals surface area contributed by atoms with Crippen LogP contribution in [0.5, 0.6) is 0 Å². The van der Waals surface area contributed by atoms with Gasteiger partial charge in [0.1, 0.15) is 11.5 Å². The van der Waals surface area contributed by atoms with Gasteiger partial charge in [-0.25, -0.2) is 0 Å². The average Bonchev–Trinajstić information content (AvgIpc) is 2.70. The maximum atomic E-state index is 6.09. The molecule has 2 rings (SSSR count). The lowest BCUT2D eigenvalue weighted by Crippen LogP contribution is -2.06. The number of rotatable bonds is 3. The number of hydrogen-bond acceptors (Lipinski definition) is 2. The molecule has 0 aliphatic heterocycles. The normalized spacial score (nSPS) is 12.5. The Kier molecular flexibility index (Phi) is 3.65. The summed E-state index contributed by atoms with van der Waals surface area (Å²) in [6, 6.07) is 9.31. The van der Waals surface area contributed by atoms with E-state index >= 15 is 0 Å². The van der Waals surface area contributed by atoms with E-state index in [1.165, 1.54) is 0 Å². The molecular weight excluding hydrogens is 257 g/mol. The highest BCUT2D eigenvalue weighted by molar-refractivity contribution is 6.39. The van der Waals surface area contributed by atoms with Crippen molar-refractivity contribution in [1.82, 2.24) is 0 Å². The minimum Gasteiger partial charge on any atom is -0.464 e. The topological polar surface area (TPSA) is 25.2 Å². The molecule has 1 heterocycles. The van der Waals surface area contributed by atoms with Crippen molar-refractivity contribution in [2.75, 3.05) is 5.32 Å². The van der Waals surface area contributed by atoms with Gasteiger partial charge in [-0.05, 0) is 38.1 Å². The van der Waals surface area contributed by atoms with Crippen LogP contribution in [0.1, 0.15) is 24.5 Å². The number of aryl methyl sites for hydroxylation is 1. The molecule has 90 valence electrons. The number of nitrogens with one attached hydrogen (secondary N) is 1. The quantitative estimate of drug-likeness (QED) is 0.842. The van der Waals surface area contributed by atoms with Crippen LogP contribution in [-0.2, 0) is 0 Å². The fraction of sp³-hybridized carbons (Fsp3) is 0.231. The molecule has 1 unspecified atom stereocenters. The van der Waals surface area contributed by atoms with Crippen LogP contribution in [0.4, 0.5) is 5.69 Å². The second-order valence-electron chi connectivity index (χ2n) is 3.91. The van der Waals surface area contributed by atoms with Gasteiger partial charge >= 0.3 is 0 Å². The van der Waals surface area contributed by atoms with Crippen LogP contribution in [0.25, 0.3) is 0 Å². The third kappa shape index (κ3) is 2.76. The van der Waals surface area contributed by atoms with Crippen LogP contribution in [-0.4, -0.2) is 0 Å². The van der Waals surface area contributed by atoms with E-state index in [2.05, 4.69) is 5.32 Å². The highest BCUT2D eigenvalue weighted by Crippen LogP contribution is 2.33. The Labute approximate surface area is 111 Å². The van der Waals surface area contributed by atoms with E-state index in [9.17, 15) is 0 Å². The van der Waals surface area contributed by atoms with Gasteiger partial charge in [0.05, 0.1) is 21.8 Å². The molecule has 0 spiro atoms. The molecule has 2 nitrogen and oxygen atoms in total. The number of furan rings is 1. The molecule has 4 heteroatoms. The van der Waals surface area contributed by atoms with Crippen LogP contribution >= 0.6 is 23.2 Å². The monoisotopic (exact) mass is 269 g/mol. The van der Waals surface area contributed by atoms with E-state index in [0.29, 0.717) is 10.0 Å². The first-order valence-electron chi connectivity index (χ1n) is 5.35. The van der Waals surface area contributed by atoms with Crippen LogP contribution in [0.15, 0.2) is 34.7 Å². The number of para-hydroxylation sites is 1. The molecule has 0 aliphatic carbocycles. The lowest BCUT2D eigenvalue weighted by Gasteiger charge is -2.15. The molecule has 0 saturated carbocycles. The zero-order valence-corrected chi connectivity index (χ0v) is 11.1. The lowest BCUT2D eigenvalue weighted by molar-refractivity contribution is 0.467. The molecule has 1 N–H and O–H groups in total. The van der Waals surface area contributed by atoms with Crippen molar-refractivity contribution in [1.29, 1.82) is 0 Å². The van der Waals surface area contributed by atoms with Crippen molar-refractivity contribution in [2.45, 2.75) is 19.9 Å². The van der Waals surface area contributed by atoms with Crippen molar-refractivity contribution in [3.05, 3.63) is 51.9 Å². The standard InChI is InChI=1S/C13H13Cl2NO/c1-8-6-7-12(17-8)9(2)16-13-10(14)4-3-5-11(13)15/h3-7,9,16H,1-2H3.